The minimum absolute atomic E-state index is 0.494. The molecule has 0 aromatic carbocycles. The summed E-state index contributed by atoms with van der Waals surface area (Å²) in [7, 11) is 2.25. The molecule has 0 saturated carbocycles. The zero-order valence-electron chi connectivity index (χ0n) is 13.7. The third-order valence-corrected chi connectivity index (χ3v) is 7.41. The van der Waals surface area contributed by atoms with Crippen molar-refractivity contribution in [1.82, 2.24) is 4.90 Å². The minimum Gasteiger partial charge on any atom is -0.498 e. The van der Waals surface area contributed by atoms with Gasteiger partial charge in [-0.2, -0.15) is 0 Å². The van der Waals surface area contributed by atoms with Crippen molar-refractivity contribution in [2.75, 3.05) is 20.1 Å². The summed E-state index contributed by atoms with van der Waals surface area (Å²) in [5.74, 6) is 0.775. The Labute approximate surface area is 125 Å². The van der Waals surface area contributed by atoms with Gasteiger partial charge in [-0.1, -0.05) is 50.1 Å². The summed E-state index contributed by atoms with van der Waals surface area (Å²) >= 11 is -0.937. The molecule has 3 heteroatoms. The van der Waals surface area contributed by atoms with Gasteiger partial charge in [0.2, 0.25) is 0 Å². The monoisotopic (exact) mass is 283 g/mol. The van der Waals surface area contributed by atoms with Crippen LogP contribution in [-0.4, -0.2) is 45.6 Å². The van der Waals surface area contributed by atoms with E-state index in [4.69, 9.17) is 3.79 Å². The van der Waals surface area contributed by atoms with Crippen molar-refractivity contribution in [2.24, 2.45) is 5.92 Å². The lowest BCUT2D eigenvalue weighted by molar-refractivity contribution is 0.0877. The second-order valence-electron chi connectivity index (χ2n) is 6.41. The van der Waals surface area contributed by atoms with Crippen LogP contribution in [0, 0.1) is 5.92 Å². The standard InChI is InChI=1S/C8H16NO.2C4H9.Al/c1-7(10)8-4-3-5-9(2)6-8;2*1-3-4-2;/h7-8H,3-6H2,1-2H3;2*1,3-4H2,2H3;/q-1;;;+1. The average molecular weight is 283 g/mol. The van der Waals surface area contributed by atoms with Crippen molar-refractivity contribution in [3.05, 3.63) is 0 Å². The molecule has 1 rings (SSSR count). The second-order valence-corrected chi connectivity index (χ2v) is 9.08. The zero-order valence-corrected chi connectivity index (χ0v) is 14.8. The lowest BCUT2D eigenvalue weighted by Crippen LogP contribution is -2.40. The first-order chi connectivity index (χ1) is 9.17. The molecule has 0 aromatic heterocycles. The van der Waals surface area contributed by atoms with Gasteiger partial charge in [0.15, 0.2) is 0 Å². The average Bonchev–Trinajstić information content (AvgIpc) is 2.41. The maximum atomic E-state index is 6.55. The molecule has 0 radical (unpaired) electrons. The van der Waals surface area contributed by atoms with Gasteiger partial charge in [0.1, 0.15) is 0 Å². The van der Waals surface area contributed by atoms with Gasteiger partial charge in [-0.15, -0.1) is 0 Å². The predicted octanol–water partition coefficient (Wildman–Crippen LogP) is 4.33. The summed E-state index contributed by atoms with van der Waals surface area (Å²) in [5, 5.41) is 2.78. The van der Waals surface area contributed by atoms with Crippen LogP contribution in [0.1, 0.15) is 59.3 Å². The van der Waals surface area contributed by atoms with E-state index in [0.29, 0.717) is 6.10 Å². The Balaban J connectivity index is 2.37. The predicted molar refractivity (Wildman–Crippen MR) is 86.0 cm³/mol. The zero-order chi connectivity index (χ0) is 14.1. The van der Waals surface area contributed by atoms with Crippen LogP contribution in [0.15, 0.2) is 0 Å². The number of hydrogen-bond acceptors (Lipinski definition) is 2. The highest BCUT2D eigenvalue weighted by atomic mass is 27.2. The number of rotatable bonds is 9. The van der Waals surface area contributed by atoms with E-state index in [1.165, 1.54) is 62.2 Å². The first-order valence-electron chi connectivity index (χ1n) is 8.51. The van der Waals surface area contributed by atoms with E-state index in [1.807, 2.05) is 0 Å². The Bertz CT molecular complexity index is 217. The Kier molecular flexibility index (Phi) is 9.41. The van der Waals surface area contributed by atoms with Gasteiger partial charge in [0, 0.05) is 12.6 Å². The molecular weight excluding hydrogens is 249 g/mol. The summed E-state index contributed by atoms with van der Waals surface area (Å²) in [6.45, 7) is 9.44. The molecule has 0 spiro atoms. The molecule has 1 heterocycles. The summed E-state index contributed by atoms with van der Waals surface area (Å²) < 4.78 is 6.55. The smallest absolute Gasteiger partial charge is 0.460 e. The van der Waals surface area contributed by atoms with E-state index in [9.17, 15) is 0 Å². The third kappa shape index (κ3) is 7.14. The highest BCUT2D eigenvalue weighted by Gasteiger charge is 2.28. The van der Waals surface area contributed by atoms with Crippen LogP contribution in [0.3, 0.4) is 0 Å². The molecule has 2 nitrogen and oxygen atoms in total. The highest BCUT2D eigenvalue weighted by molar-refractivity contribution is 6.51. The van der Waals surface area contributed by atoms with Crippen LogP contribution in [0.5, 0.6) is 0 Å². The third-order valence-electron chi connectivity index (χ3n) is 4.49. The van der Waals surface area contributed by atoms with Crippen molar-refractivity contribution >= 4 is 14.5 Å². The van der Waals surface area contributed by atoms with E-state index in [0.717, 1.165) is 5.92 Å². The van der Waals surface area contributed by atoms with Gasteiger partial charge in [-0.05, 0) is 39.3 Å². The van der Waals surface area contributed by atoms with E-state index in [-0.39, 0.29) is 0 Å². The molecule has 1 fully saturated rings. The molecule has 0 aliphatic carbocycles. The Morgan fingerprint density at radius 2 is 1.84 bits per heavy atom. The van der Waals surface area contributed by atoms with Crippen molar-refractivity contribution in [3.8, 4) is 0 Å². The fourth-order valence-corrected chi connectivity index (χ4v) is 6.27. The van der Waals surface area contributed by atoms with Crippen molar-refractivity contribution in [2.45, 2.75) is 76.0 Å². The fourth-order valence-electron chi connectivity index (χ4n) is 3.15. The van der Waals surface area contributed by atoms with Gasteiger partial charge < -0.3 is 8.69 Å². The maximum Gasteiger partial charge on any atom is 0.460 e. The molecule has 1 saturated heterocycles. The molecule has 0 aromatic rings. The minimum atomic E-state index is -0.937. The summed E-state index contributed by atoms with van der Waals surface area (Å²) in [5.41, 5.74) is 0. The van der Waals surface area contributed by atoms with Gasteiger partial charge in [0.25, 0.3) is 0 Å². The molecule has 0 bridgehead atoms. The molecule has 0 amide bonds. The maximum absolute atomic E-state index is 6.55. The van der Waals surface area contributed by atoms with Crippen LogP contribution in [0.25, 0.3) is 0 Å². The van der Waals surface area contributed by atoms with E-state index < -0.39 is 14.5 Å². The number of hydrogen-bond donors (Lipinski definition) is 0. The lowest BCUT2D eigenvalue weighted by atomic mass is 9.94. The summed E-state index contributed by atoms with van der Waals surface area (Å²) in [6.07, 6.45) is 8.60. The van der Waals surface area contributed by atoms with Crippen LogP contribution in [0.4, 0.5) is 0 Å². The summed E-state index contributed by atoms with van der Waals surface area (Å²) in [4.78, 5) is 2.47. The van der Waals surface area contributed by atoms with E-state index in [2.05, 4.69) is 32.7 Å². The summed E-state index contributed by atoms with van der Waals surface area (Å²) in [6, 6.07) is 0. The molecular formula is C16H34AlNO. The molecule has 2 atom stereocenters. The number of nitrogens with zero attached hydrogens (tertiary/aromatic N) is 1. The lowest BCUT2D eigenvalue weighted by Gasteiger charge is -2.35. The van der Waals surface area contributed by atoms with Crippen LogP contribution >= 0.6 is 0 Å². The van der Waals surface area contributed by atoms with Crippen LogP contribution < -0.4 is 0 Å². The fraction of sp³-hybridized carbons (Fsp3) is 1.00. The highest BCUT2D eigenvalue weighted by Crippen LogP contribution is 2.23. The Morgan fingerprint density at radius 3 is 2.37 bits per heavy atom. The SMILES string of the molecule is CCC[CH2][Al]([CH2]CCC)[O]C(C)C1CCCN(C)C1. The largest absolute Gasteiger partial charge is 0.498 e. The van der Waals surface area contributed by atoms with Gasteiger partial charge in [0.05, 0.1) is 0 Å². The molecule has 2 unspecified atom stereocenters. The first kappa shape index (κ1) is 17.5. The normalized spacial score (nSPS) is 22.4. The van der Waals surface area contributed by atoms with E-state index in [1.54, 1.807) is 0 Å². The number of unbranched alkanes of at least 4 members (excludes halogenated alkanes) is 2. The molecule has 112 valence electrons. The molecule has 0 N–H and O–H groups in total. The van der Waals surface area contributed by atoms with Crippen LogP contribution in [-0.2, 0) is 3.79 Å². The topological polar surface area (TPSA) is 12.5 Å². The van der Waals surface area contributed by atoms with E-state index >= 15 is 0 Å². The molecule has 1 aliphatic heterocycles. The Morgan fingerprint density at radius 1 is 1.21 bits per heavy atom. The first-order valence-corrected chi connectivity index (χ1v) is 10.6. The van der Waals surface area contributed by atoms with Crippen molar-refractivity contribution in [1.29, 1.82) is 0 Å². The quantitative estimate of drug-likeness (QED) is 0.584. The van der Waals surface area contributed by atoms with Gasteiger partial charge in [-0.3, -0.25) is 0 Å². The van der Waals surface area contributed by atoms with Crippen LogP contribution in [0.2, 0.25) is 10.6 Å². The van der Waals surface area contributed by atoms with Crippen molar-refractivity contribution in [3.63, 3.8) is 0 Å². The second kappa shape index (κ2) is 10.2. The number of piperidine rings is 1. The molecule has 19 heavy (non-hydrogen) atoms. The van der Waals surface area contributed by atoms with Gasteiger partial charge in [-0.25, -0.2) is 0 Å². The van der Waals surface area contributed by atoms with Gasteiger partial charge >= 0.3 is 14.5 Å². The number of likely N-dealkylation sites (tertiary alicyclic amines) is 1. The van der Waals surface area contributed by atoms with Crippen molar-refractivity contribution < 1.29 is 3.79 Å². The Hall–Kier alpha value is 0.452. The molecule has 1 aliphatic rings.